The first kappa shape index (κ1) is 12.5. The van der Waals surface area contributed by atoms with E-state index in [1.54, 1.807) is 31.2 Å². The van der Waals surface area contributed by atoms with Crippen LogP contribution in [0.2, 0.25) is 0 Å². The van der Waals surface area contributed by atoms with Crippen molar-refractivity contribution in [2.75, 3.05) is 0 Å². The first-order valence-corrected chi connectivity index (χ1v) is 6.33. The Morgan fingerprint density at radius 1 is 1.05 bits per heavy atom. The van der Waals surface area contributed by atoms with E-state index >= 15 is 0 Å². The van der Waals surface area contributed by atoms with Crippen LogP contribution in [0.25, 0.3) is 22.3 Å². The molecule has 0 bridgehead atoms. The summed E-state index contributed by atoms with van der Waals surface area (Å²) in [6, 6.07) is 10.5. The van der Waals surface area contributed by atoms with E-state index in [0.717, 1.165) is 5.56 Å². The number of aromatic nitrogens is 2. The van der Waals surface area contributed by atoms with E-state index in [2.05, 4.69) is 9.97 Å². The molecule has 4 heteroatoms. The van der Waals surface area contributed by atoms with E-state index in [-0.39, 0.29) is 16.8 Å². The van der Waals surface area contributed by atoms with Crippen LogP contribution in [0.5, 0.6) is 0 Å². The Balaban J connectivity index is 2.37. The molecule has 1 aromatic heterocycles. The number of nitrogens with zero attached hydrogens (tertiary/aromatic N) is 1. The smallest absolute Gasteiger partial charge is 0.275 e. The summed E-state index contributed by atoms with van der Waals surface area (Å²) in [4.78, 5) is 19.2. The summed E-state index contributed by atoms with van der Waals surface area (Å²) < 4.78 is 14.2. The molecule has 0 aliphatic rings. The van der Waals surface area contributed by atoms with Crippen molar-refractivity contribution in [2.24, 2.45) is 0 Å². The van der Waals surface area contributed by atoms with Gasteiger partial charge in [-0.2, -0.15) is 0 Å². The molecule has 20 heavy (non-hydrogen) atoms. The second-order valence-electron chi connectivity index (χ2n) is 4.82. The van der Waals surface area contributed by atoms with E-state index in [1.165, 1.54) is 0 Å². The molecule has 0 atom stereocenters. The molecule has 0 amide bonds. The number of aromatic amines is 1. The van der Waals surface area contributed by atoms with Gasteiger partial charge in [0.25, 0.3) is 5.56 Å². The van der Waals surface area contributed by atoms with E-state index in [1.807, 2.05) is 19.1 Å². The zero-order valence-corrected chi connectivity index (χ0v) is 11.2. The molecule has 0 unspecified atom stereocenters. The number of para-hydroxylation sites is 1. The van der Waals surface area contributed by atoms with Gasteiger partial charge in [0, 0.05) is 5.56 Å². The Hall–Kier alpha value is -2.49. The minimum absolute atomic E-state index is 0.119. The molecule has 0 fully saturated rings. The number of fused-ring (bicyclic) bond motifs is 1. The standard InChI is InChI=1S/C16H13FN2O/c1-9-5-3-7-11(13(9)17)15-16(20)18-12-8-4-6-10(2)14(12)19-15/h3-8H,1-2H3,(H,18,20). The number of hydrogen-bond donors (Lipinski definition) is 1. The van der Waals surface area contributed by atoms with Crippen LogP contribution in [-0.4, -0.2) is 9.97 Å². The SMILES string of the molecule is Cc1cccc(-c2nc3c(C)cccc3[nH]c2=O)c1F. The molecule has 3 rings (SSSR count). The van der Waals surface area contributed by atoms with Gasteiger partial charge < -0.3 is 4.98 Å². The number of rotatable bonds is 1. The van der Waals surface area contributed by atoms with E-state index < -0.39 is 5.82 Å². The Kier molecular flexibility index (Phi) is 2.86. The summed E-state index contributed by atoms with van der Waals surface area (Å²) in [5.41, 5.74) is 2.74. The lowest BCUT2D eigenvalue weighted by Gasteiger charge is -2.07. The fourth-order valence-corrected chi connectivity index (χ4v) is 2.27. The molecule has 0 aliphatic heterocycles. The first-order valence-electron chi connectivity index (χ1n) is 6.33. The molecule has 0 saturated heterocycles. The summed E-state index contributed by atoms with van der Waals surface area (Å²) in [5, 5.41) is 0. The lowest BCUT2D eigenvalue weighted by molar-refractivity contribution is 0.621. The zero-order valence-electron chi connectivity index (χ0n) is 11.2. The van der Waals surface area contributed by atoms with Crippen molar-refractivity contribution in [1.82, 2.24) is 9.97 Å². The predicted molar refractivity (Wildman–Crippen MR) is 77.2 cm³/mol. The number of benzene rings is 2. The monoisotopic (exact) mass is 268 g/mol. The van der Waals surface area contributed by atoms with Gasteiger partial charge >= 0.3 is 0 Å². The van der Waals surface area contributed by atoms with Crippen LogP contribution in [0.1, 0.15) is 11.1 Å². The van der Waals surface area contributed by atoms with E-state index in [4.69, 9.17) is 0 Å². The van der Waals surface area contributed by atoms with Crippen LogP contribution in [0.15, 0.2) is 41.2 Å². The van der Waals surface area contributed by atoms with Crippen LogP contribution in [0, 0.1) is 19.7 Å². The van der Waals surface area contributed by atoms with Crippen LogP contribution >= 0.6 is 0 Å². The van der Waals surface area contributed by atoms with Gasteiger partial charge in [-0.25, -0.2) is 9.37 Å². The zero-order chi connectivity index (χ0) is 14.3. The van der Waals surface area contributed by atoms with Crippen molar-refractivity contribution >= 4 is 11.0 Å². The van der Waals surface area contributed by atoms with E-state index in [9.17, 15) is 9.18 Å². The van der Waals surface area contributed by atoms with Gasteiger partial charge in [-0.15, -0.1) is 0 Å². The highest BCUT2D eigenvalue weighted by Crippen LogP contribution is 2.22. The van der Waals surface area contributed by atoms with Crippen molar-refractivity contribution in [3.05, 3.63) is 63.7 Å². The van der Waals surface area contributed by atoms with Gasteiger partial charge in [0.2, 0.25) is 0 Å². The second kappa shape index (κ2) is 4.56. The maximum Gasteiger partial charge on any atom is 0.275 e. The molecular formula is C16H13FN2O. The third kappa shape index (κ3) is 1.90. The van der Waals surface area contributed by atoms with Crippen molar-refractivity contribution in [3.8, 4) is 11.3 Å². The molecule has 1 N–H and O–H groups in total. The van der Waals surface area contributed by atoms with Crippen molar-refractivity contribution in [2.45, 2.75) is 13.8 Å². The maximum atomic E-state index is 14.2. The molecule has 0 saturated carbocycles. The highest BCUT2D eigenvalue weighted by atomic mass is 19.1. The molecular weight excluding hydrogens is 255 g/mol. The Bertz CT molecular complexity index is 868. The largest absolute Gasteiger partial charge is 0.319 e. The number of hydrogen-bond acceptors (Lipinski definition) is 2. The third-order valence-corrected chi connectivity index (χ3v) is 3.37. The molecule has 100 valence electrons. The predicted octanol–water partition coefficient (Wildman–Crippen LogP) is 3.35. The van der Waals surface area contributed by atoms with Gasteiger partial charge in [-0.05, 0) is 37.1 Å². The van der Waals surface area contributed by atoms with Crippen LogP contribution in [0.3, 0.4) is 0 Å². The second-order valence-corrected chi connectivity index (χ2v) is 4.82. The Morgan fingerprint density at radius 3 is 2.55 bits per heavy atom. The Morgan fingerprint density at radius 2 is 1.75 bits per heavy atom. The highest BCUT2D eigenvalue weighted by molar-refractivity contribution is 5.80. The minimum atomic E-state index is -0.404. The molecule has 0 spiro atoms. The van der Waals surface area contributed by atoms with E-state index in [0.29, 0.717) is 16.6 Å². The first-order chi connectivity index (χ1) is 9.58. The number of aryl methyl sites for hydroxylation is 2. The van der Waals surface area contributed by atoms with Gasteiger partial charge in [0.1, 0.15) is 11.5 Å². The highest BCUT2D eigenvalue weighted by Gasteiger charge is 2.13. The molecule has 3 nitrogen and oxygen atoms in total. The summed E-state index contributed by atoms with van der Waals surface area (Å²) in [6.07, 6.45) is 0. The van der Waals surface area contributed by atoms with Crippen molar-refractivity contribution in [1.29, 1.82) is 0 Å². The minimum Gasteiger partial charge on any atom is -0.319 e. The van der Waals surface area contributed by atoms with Gasteiger partial charge in [0.15, 0.2) is 0 Å². The average molecular weight is 268 g/mol. The summed E-state index contributed by atoms with van der Waals surface area (Å²) in [5.74, 6) is -0.404. The summed E-state index contributed by atoms with van der Waals surface area (Å²) in [7, 11) is 0. The van der Waals surface area contributed by atoms with Gasteiger partial charge in [0.05, 0.1) is 11.0 Å². The Labute approximate surface area is 115 Å². The molecule has 3 aromatic rings. The molecule has 2 aromatic carbocycles. The van der Waals surface area contributed by atoms with Crippen LogP contribution < -0.4 is 5.56 Å². The molecule has 1 heterocycles. The normalized spacial score (nSPS) is 10.9. The average Bonchev–Trinajstić information content (AvgIpc) is 2.42. The fraction of sp³-hybridized carbons (Fsp3) is 0.125. The quantitative estimate of drug-likeness (QED) is 0.735. The third-order valence-electron chi connectivity index (χ3n) is 3.37. The number of halogens is 1. The van der Waals surface area contributed by atoms with Crippen molar-refractivity contribution in [3.63, 3.8) is 0 Å². The van der Waals surface area contributed by atoms with Crippen LogP contribution in [0.4, 0.5) is 4.39 Å². The van der Waals surface area contributed by atoms with Gasteiger partial charge in [-0.1, -0.05) is 24.3 Å². The van der Waals surface area contributed by atoms with Gasteiger partial charge in [-0.3, -0.25) is 4.79 Å². The van der Waals surface area contributed by atoms with Crippen molar-refractivity contribution < 1.29 is 4.39 Å². The van der Waals surface area contributed by atoms with Crippen LogP contribution in [-0.2, 0) is 0 Å². The fourth-order valence-electron chi connectivity index (χ4n) is 2.27. The number of nitrogens with one attached hydrogen (secondary N) is 1. The number of H-pyrrole nitrogens is 1. The lowest BCUT2D eigenvalue weighted by atomic mass is 10.1. The molecule has 0 aliphatic carbocycles. The maximum absolute atomic E-state index is 14.2. The topological polar surface area (TPSA) is 45.8 Å². The lowest BCUT2D eigenvalue weighted by Crippen LogP contribution is -2.13. The molecule has 0 radical (unpaired) electrons. The summed E-state index contributed by atoms with van der Waals surface area (Å²) in [6.45, 7) is 3.57. The summed E-state index contributed by atoms with van der Waals surface area (Å²) >= 11 is 0.